The molecule has 1 aromatic carbocycles. The number of rotatable bonds is 4. The molecule has 0 saturated heterocycles. The van der Waals surface area contributed by atoms with Crippen LogP contribution in [0.3, 0.4) is 0 Å². The second-order valence-corrected chi connectivity index (χ2v) is 5.04. The number of anilines is 1. The first-order chi connectivity index (χ1) is 8.67. The molecule has 1 aromatic heterocycles. The Bertz CT molecular complexity index is 570. The van der Waals surface area contributed by atoms with Gasteiger partial charge in [0.1, 0.15) is 11.6 Å². The van der Waals surface area contributed by atoms with Crippen LogP contribution in [0, 0.1) is 0 Å². The molecule has 1 atom stereocenters. The number of benzene rings is 1. The average molecular weight is 285 g/mol. The summed E-state index contributed by atoms with van der Waals surface area (Å²) in [5.74, 6) is -0.305. The number of hydrogen-bond acceptors (Lipinski definition) is 5. The minimum absolute atomic E-state index is 0.305. The summed E-state index contributed by atoms with van der Waals surface area (Å²) >= 11 is 7.69. The van der Waals surface area contributed by atoms with Gasteiger partial charge in [0.15, 0.2) is 0 Å². The molecule has 0 fully saturated rings. The van der Waals surface area contributed by atoms with Gasteiger partial charge in [-0.15, -0.1) is 11.3 Å². The van der Waals surface area contributed by atoms with Crippen molar-refractivity contribution in [3.63, 3.8) is 0 Å². The van der Waals surface area contributed by atoms with Crippen LogP contribution in [0.5, 0.6) is 0 Å². The Morgan fingerprint density at radius 1 is 1.61 bits per heavy atom. The van der Waals surface area contributed by atoms with Gasteiger partial charge in [0.2, 0.25) is 0 Å². The third-order valence-electron chi connectivity index (χ3n) is 2.66. The van der Waals surface area contributed by atoms with Gasteiger partial charge in [0.25, 0.3) is 0 Å². The number of thiazole rings is 1. The van der Waals surface area contributed by atoms with E-state index in [-0.39, 0.29) is 5.97 Å². The van der Waals surface area contributed by atoms with Crippen LogP contribution in [-0.2, 0) is 9.53 Å². The molecule has 2 rings (SSSR count). The molecule has 0 bridgehead atoms. The summed E-state index contributed by atoms with van der Waals surface area (Å²) in [6.45, 7) is 1.91. The maximum absolute atomic E-state index is 11.6. The zero-order valence-electron chi connectivity index (χ0n) is 10.1. The predicted octanol–water partition coefficient (Wildman–Crippen LogP) is 3.31. The lowest BCUT2D eigenvalue weighted by molar-refractivity contribution is -0.141. The van der Waals surface area contributed by atoms with E-state index >= 15 is 0 Å². The summed E-state index contributed by atoms with van der Waals surface area (Å²) in [6.07, 6.45) is 0.615. The van der Waals surface area contributed by atoms with Gasteiger partial charge in [-0.05, 0) is 18.6 Å². The number of nitrogens with zero attached hydrogens (tertiary/aromatic N) is 1. The first kappa shape index (κ1) is 13.1. The van der Waals surface area contributed by atoms with Crippen LogP contribution in [0.25, 0.3) is 10.2 Å². The van der Waals surface area contributed by atoms with E-state index in [1.54, 1.807) is 11.6 Å². The number of carbonyl (C=O) groups is 1. The van der Waals surface area contributed by atoms with E-state index in [9.17, 15) is 4.79 Å². The monoisotopic (exact) mass is 284 g/mol. The molecule has 0 radical (unpaired) electrons. The van der Waals surface area contributed by atoms with Crippen molar-refractivity contribution in [3.05, 3.63) is 22.7 Å². The molecular formula is C12H13ClN2O2S. The summed E-state index contributed by atoms with van der Waals surface area (Å²) in [4.78, 5) is 15.9. The number of methoxy groups -OCH3 is 1. The fourth-order valence-corrected chi connectivity index (χ4v) is 2.58. The lowest BCUT2D eigenvalue weighted by Gasteiger charge is -2.17. The fraction of sp³-hybridized carbons (Fsp3) is 0.333. The zero-order chi connectivity index (χ0) is 13.1. The molecule has 1 heterocycles. The molecule has 6 heteroatoms. The molecule has 1 unspecified atom stereocenters. The summed E-state index contributed by atoms with van der Waals surface area (Å²) < 4.78 is 5.78. The highest BCUT2D eigenvalue weighted by Gasteiger charge is 2.19. The van der Waals surface area contributed by atoms with E-state index in [2.05, 4.69) is 10.3 Å². The minimum Gasteiger partial charge on any atom is -0.467 e. The van der Waals surface area contributed by atoms with Crippen LogP contribution in [0.4, 0.5) is 5.69 Å². The van der Waals surface area contributed by atoms with Crippen molar-refractivity contribution in [3.8, 4) is 0 Å². The van der Waals surface area contributed by atoms with Crippen LogP contribution in [-0.4, -0.2) is 24.1 Å². The topological polar surface area (TPSA) is 51.2 Å². The third-order valence-corrected chi connectivity index (χ3v) is 3.77. The van der Waals surface area contributed by atoms with Gasteiger partial charge in [-0.25, -0.2) is 9.78 Å². The Kier molecular flexibility index (Phi) is 4.04. The predicted molar refractivity (Wildman–Crippen MR) is 74.3 cm³/mol. The molecule has 2 aromatic rings. The largest absolute Gasteiger partial charge is 0.467 e. The van der Waals surface area contributed by atoms with E-state index < -0.39 is 6.04 Å². The van der Waals surface area contributed by atoms with Gasteiger partial charge in [0, 0.05) is 0 Å². The Morgan fingerprint density at radius 3 is 3.06 bits per heavy atom. The third kappa shape index (κ3) is 2.42. The summed E-state index contributed by atoms with van der Waals surface area (Å²) in [6, 6.07) is 3.30. The second kappa shape index (κ2) is 5.54. The van der Waals surface area contributed by atoms with E-state index in [0.717, 1.165) is 10.2 Å². The molecule has 96 valence electrons. The summed E-state index contributed by atoms with van der Waals surface area (Å²) in [5.41, 5.74) is 3.23. The van der Waals surface area contributed by atoms with Crippen LogP contribution in [0.2, 0.25) is 5.02 Å². The lowest BCUT2D eigenvalue weighted by Crippen LogP contribution is -2.30. The number of nitrogens with one attached hydrogen (secondary N) is 1. The number of ether oxygens (including phenoxy) is 1. The Morgan fingerprint density at radius 2 is 2.39 bits per heavy atom. The summed E-state index contributed by atoms with van der Waals surface area (Å²) in [7, 11) is 1.37. The highest BCUT2D eigenvalue weighted by atomic mass is 35.5. The first-order valence-electron chi connectivity index (χ1n) is 5.53. The highest BCUT2D eigenvalue weighted by molar-refractivity contribution is 7.16. The maximum atomic E-state index is 11.6. The van der Waals surface area contributed by atoms with E-state index in [4.69, 9.17) is 16.3 Å². The first-order valence-corrected chi connectivity index (χ1v) is 6.79. The molecule has 0 amide bonds. The van der Waals surface area contributed by atoms with Crippen LogP contribution in [0.1, 0.15) is 13.3 Å². The van der Waals surface area contributed by atoms with Gasteiger partial charge in [-0.3, -0.25) is 0 Å². The smallest absolute Gasteiger partial charge is 0.328 e. The number of esters is 1. The minimum atomic E-state index is -0.417. The van der Waals surface area contributed by atoms with Gasteiger partial charge in [-0.2, -0.15) is 0 Å². The number of hydrogen-bond donors (Lipinski definition) is 1. The quantitative estimate of drug-likeness (QED) is 0.875. The molecule has 0 aliphatic rings. The fourth-order valence-electron chi connectivity index (χ4n) is 1.69. The standard InChI is InChI=1S/C12H13ClN2O2S/c1-3-8(12(16)17-2)15-10-7(13)4-5-9-11(10)14-6-18-9/h4-6,8,15H,3H2,1-2H3. The van der Waals surface area contributed by atoms with Crippen LogP contribution in [0.15, 0.2) is 17.6 Å². The average Bonchev–Trinajstić information content (AvgIpc) is 2.85. The Hall–Kier alpha value is -1.33. The lowest BCUT2D eigenvalue weighted by atomic mass is 10.2. The Labute approximate surface area is 114 Å². The van der Waals surface area contributed by atoms with Gasteiger partial charge in [0.05, 0.1) is 28.0 Å². The van der Waals surface area contributed by atoms with E-state index in [1.165, 1.54) is 18.4 Å². The van der Waals surface area contributed by atoms with E-state index in [1.807, 2.05) is 13.0 Å². The molecule has 4 nitrogen and oxygen atoms in total. The van der Waals surface area contributed by atoms with Crippen molar-refractivity contribution in [2.24, 2.45) is 0 Å². The Balaban J connectivity index is 2.38. The number of fused-ring (bicyclic) bond motifs is 1. The number of aromatic nitrogens is 1. The summed E-state index contributed by atoms with van der Waals surface area (Å²) in [5, 5.41) is 3.67. The SMILES string of the molecule is CCC(Nc1c(Cl)ccc2scnc12)C(=O)OC. The van der Waals surface area contributed by atoms with Gasteiger partial charge >= 0.3 is 5.97 Å². The molecule has 18 heavy (non-hydrogen) atoms. The maximum Gasteiger partial charge on any atom is 0.328 e. The molecule has 0 aliphatic carbocycles. The van der Waals surface area contributed by atoms with Crippen molar-refractivity contribution >= 4 is 44.8 Å². The molecule has 0 saturated carbocycles. The van der Waals surface area contributed by atoms with Crippen molar-refractivity contribution < 1.29 is 9.53 Å². The normalized spacial score (nSPS) is 12.4. The van der Waals surface area contributed by atoms with E-state index in [0.29, 0.717) is 17.1 Å². The van der Waals surface area contributed by atoms with Gasteiger partial charge in [-0.1, -0.05) is 18.5 Å². The molecule has 0 aliphatic heterocycles. The molecular weight excluding hydrogens is 272 g/mol. The zero-order valence-corrected chi connectivity index (χ0v) is 11.6. The molecule has 1 N–H and O–H groups in total. The van der Waals surface area contributed by atoms with Crippen molar-refractivity contribution in [1.82, 2.24) is 4.98 Å². The van der Waals surface area contributed by atoms with Crippen LogP contribution < -0.4 is 5.32 Å². The molecule has 0 spiro atoms. The number of carbonyl (C=O) groups excluding carboxylic acids is 1. The van der Waals surface area contributed by atoms with Crippen LogP contribution >= 0.6 is 22.9 Å². The highest BCUT2D eigenvalue weighted by Crippen LogP contribution is 2.32. The number of halogens is 1. The van der Waals surface area contributed by atoms with Crippen molar-refractivity contribution in [2.75, 3.05) is 12.4 Å². The van der Waals surface area contributed by atoms with Crippen molar-refractivity contribution in [2.45, 2.75) is 19.4 Å². The second-order valence-electron chi connectivity index (χ2n) is 3.75. The van der Waals surface area contributed by atoms with Crippen molar-refractivity contribution in [1.29, 1.82) is 0 Å². The van der Waals surface area contributed by atoms with Gasteiger partial charge < -0.3 is 10.1 Å².